The summed E-state index contributed by atoms with van der Waals surface area (Å²) in [7, 11) is -0.290. The van der Waals surface area contributed by atoms with E-state index in [-0.39, 0.29) is 18.3 Å². The van der Waals surface area contributed by atoms with Crippen LogP contribution in [-0.4, -0.2) is 42.4 Å². The zero-order valence-corrected chi connectivity index (χ0v) is 18.8. The second-order valence-electron chi connectivity index (χ2n) is 9.60. The topological polar surface area (TPSA) is 30.9 Å². The van der Waals surface area contributed by atoms with Crippen molar-refractivity contribution in [3.63, 3.8) is 0 Å². The van der Waals surface area contributed by atoms with Crippen LogP contribution in [0.3, 0.4) is 0 Å². The summed E-state index contributed by atoms with van der Waals surface area (Å²) in [5.41, 5.74) is 3.07. The summed E-state index contributed by atoms with van der Waals surface area (Å²) in [5.74, 6) is 0. The SMILES string of the molecule is CC1(C)OB(c2ccc(CN3CCC(OCc4ccccc4)CC3)cc2)OC1(C)C. The van der Waals surface area contributed by atoms with Crippen LogP contribution in [0.5, 0.6) is 0 Å². The van der Waals surface area contributed by atoms with Crippen molar-refractivity contribution >= 4 is 12.6 Å². The smallest absolute Gasteiger partial charge is 0.399 e. The minimum atomic E-state index is -0.302. The quantitative estimate of drug-likeness (QED) is 0.673. The molecule has 2 aliphatic heterocycles. The van der Waals surface area contributed by atoms with Gasteiger partial charge < -0.3 is 14.0 Å². The number of nitrogens with zero attached hydrogens (tertiary/aromatic N) is 1. The van der Waals surface area contributed by atoms with E-state index in [0.717, 1.165) is 37.9 Å². The molecule has 4 rings (SSSR count). The monoisotopic (exact) mass is 407 g/mol. The Balaban J connectivity index is 1.24. The minimum absolute atomic E-state index is 0.290. The first kappa shape index (κ1) is 21.6. The molecular formula is C25H34BNO3. The lowest BCUT2D eigenvalue weighted by Gasteiger charge is -2.32. The van der Waals surface area contributed by atoms with Crippen molar-refractivity contribution in [3.8, 4) is 0 Å². The maximum atomic E-state index is 6.16. The van der Waals surface area contributed by atoms with Crippen molar-refractivity contribution in [2.24, 2.45) is 0 Å². The fraction of sp³-hybridized carbons (Fsp3) is 0.520. The number of ether oxygens (including phenoxy) is 1. The van der Waals surface area contributed by atoms with Crippen LogP contribution in [0.2, 0.25) is 0 Å². The van der Waals surface area contributed by atoms with Crippen molar-refractivity contribution in [3.05, 3.63) is 65.7 Å². The number of rotatable bonds is 6. The van der Waals surface area contributed by atoms with Crippen LogP contribution in [-0.2, 0) is 27.2 Å². The van der Waals surface area contributed by atoms with E-state index in [1.165, 1.54) is 11.1 Å². The molecule has 2 heterocycles. The van der Waals surface area contributed by atoms with Gasteiger partial charge in [-0.05, 0) is 57.1 Å². The number of likely N-dealkylation sites (tertiary alicyclic amines) is 1. The van der Waals surface area contributed by atoms with Gasteiger partial charge in [-0.15, -0.1) is 0 Å². The molecule has 0 radical (unpaired) electrons. The lowest BCUT2D eigenvalue weighted by Crippen LogP contribution is -2.41. The van der Waals surface area contributed by atoms with E-state index in [9.17, 15) is 0 Å². The molecule has 4 nitrogen and oxygen atoms in total. The van der Waals surface area contributed by atoms with E-state index in [2.05, 4.69) is 81.1 Å². The van der Waals surface area contributed by atoms with Crippen molar-refractivity contribution in [2.75, 3.05) is 13.1 Å². The molecular weight excluding hydrogens is 373 g/mol. The Morgan fingerprint density at radius 3 is 2.07 bits per heavy atom. The van der Waals surface area contributed by atoms with Crippen LogP contribution in [0, 0.1) is 0 Å². The van der Waals surface area contributed by atoms with E-state index in [1.54, 1.807) is 0 Å². The molecule has 2 saturated heterocycles. The van der Waals surface area contributed by atoms with Gasteiger partial charge in [-0.3, -0.25) is 4.90 Å². The molecule has 30 heavy (non-hydrogen) atoms. The Morgan fingerprint density at radius 2 is 1.47 bits per heavy atom. The molecule has 0 atom stereocenters. The molecule has 0 N–H and O–H groups in total. The van der Waals surface area contributed by atoms with Crippen LogP contribution in [0.4, 0.5) is 0 Å². The lowest BCUT2D eigenvalue weighted by molar-refractivity contribution is -0.00394. The van der Waals surface area contributed by atoms with E-state index in [0.29, 0.717) is 12.7 Å². The number of piperidine rings is 1. The van der Waals surface area contributed by atoms with Crippen molar-refractivity contribution in [1.82, 2.24) is 4.90 Å². The third-order valence-electron chi connectivity index (χ3n) is 6.77. The highest BCUT2D eigenvalue weighted by Gasteiger charge is 2.51. The molecule has 0 aliphatic carbocycles. The standard InChI is InChI=1S/C25H34BNO3/c1-24(2)25(3,4)30-26(29-24)22-12-10-20(11-13-22)18-27-16-14-23(15-17-27)28-19-21-8-6-5-7-9-21/h5-13,23H,14-19H2,1-4H3. The van der Waals surface area contributed by atoms with E-state index in [1.807, 2.05) is 6.07 Å². The Morgan fingerprint density at radius 1 is 0.867 bits per heavy atom. The first-order chi connectivity index (χ1) is 14.3. The normalized spacial score (nSPS) is 21.8. The molecule has 2 aromatic carbocycles. The summed E-state index contributed by atoms with van der Waals surface area (Å²) in [5, 5.41) is 0. The average Bonchev–Trinajstić information content (AvgIpc) is 2.96. The molecule has 0 bridgehead atoms. The largest absolute Gasteiger partial charge is 0.494 e. The molecule has 0 spiro atoms. The van der Waals surface area contributed by atoms with Crippen molar-refractivity contribution in [1.29, 1.82) is 0 Å². The Labute approximate surface area is 181 Å². The molecule has 160 valence electrons. The summed E-state index contributed by atoms with van der Waals surface area (Å²) in [4.78, 5) is 2.52. The number of hydrogen-bond acceptors (Lipinski definition) is 4. The zero-order valence-electron chi connectivity index (χ0n) is 18.8. The molecule has 0 unspecified atom stereocenters. The molecule has 0 aromatic heterocycles. The lowest BCUT2D eigenvalue weighted by atomic mass is 9.79. The summed E-state index contributed by atoms with van der Waals surface area (Å²) in [6.45, 7) is 12.2. The second kappa shape index (κ2) is 8.84. The zero-order chi connectivity index (χ0) is 21.2. The third-order valence-corrected chi connectivity index (χ3v) is 6.77. The minimum Gasteiger partial charge on any atom is -0.399 e. The third kappa shape index (κ3) is 4.97. The molecule has 5 heteroatoms. The van der Waals surface area contributed by atoms with Gasteiger partial charge in [0.25, 0.3) is 0 Å². The second-order valence-corrected chi connectivity index (χ2v) is 9.60. The Bertz CT molecular complexity index is 798. The highest BCUT2D eigenvalue weighted by Crippen LogP contribution is 2.36. The first-order valence-corrected chi connectivity index (χ1v) is 11.1. The van der Waals surface area contributed by atoms with Crippen LogP contribution < -0.4 is 5.46 Å². The van der Waals surface area contributed by atoms with Crippen LogP contribution in [0.15, 0.2) is 54.6 Å². The molecule has 0 saturated carbocycles. The van der Waals surface area contributed by atoms with E-state index >= 15 is 0 Å². The van der Waals surface area contributed by atoms with Crippen LogP contribution in [0.25, 0.3) is 0 Å². The van der Waals surface area contributed by atoms with Crippen molar-refractivity contribution < 1.29 is 14.0 Å². The average molecular weight is 407 g/mol. The van der Waals surface area contributed by atoms with Gasteiger partial charge in [-0.25, -0.2) is 0 Å². The van der Waals surface area contributed by atoms with Gasteiger partial charge in [0, 0.05) is 19.6 Å². The maximum absolute atomic E-state index is 6.16. The molecule has 2 fully saturated rings. The van der Waals surface area contributed by atoms with Crippen LogP contribution >= 0.6 is 0 Å². The number of benzene rings is 2. The summed E-state index contributed by atoms with van der Waals surface area (Å²) in [6, 6.07) is 19.1. The van der Waals surface area contributed by atoms with Gasteiger partial charge in [0.1, 0.15) is 0 Å². The molecule has 2 aliphatic rings. The summed E-state index contributed by atoms with van der Waals surface area (Å²) in [6.07, 6.45) is 2.56. The predicted molar refractivity (Wildman–Crippen MR) is 122 cm³/mol. The van der Waals surface area contributed by atoms with Gasteiger partial charge in [-0.1, -0.05) is 54.6 Å². The van der Waals surface area contributed by atoms with Gasteiger partial charge in [0.2, 0.25) is 0 Å². The van der Waals surface area contributed by atoms with Gasteiger partial charge in [-0.2, -0.15) is 0 Å². The molecule has 0 amide bonds. The summed E-state index contributed by atoms with van der Waals surface area (Å²) >= 11 is 0. The first-order valence-electron chi connectivity index (χ1n) is 11.1. The Kier molecular flexibility index (Phi) is 6.35. The number of hydrogen-bond donors (Lipinski definition) is 0. The van der Waals surface area contributed by atoms with Crippen LogP contribution in [0.1, 0.15) is 51.7 Å². The summed E-state index contributed by atoms with van der Waals surface area (Å²) < 4.78 is 18.4. The maximum Gasteiger partial charge on any atom is 0.494 e. The highest BCUT2D eigenvalue weighted by molar-refractivity contribution is 6.62. The molecule has 2 aromatic rings. The highest BCUT2D eigenvalue weighted by atomic mass is 16.7. The fourth-order valence-corrected chi connectivity index (χ4v) is 4.04. The van der Waals surface area contributed by atoms with Gasteiger partial charge in [0.05, 0.1) is 23.9 Å². The van der Waals surface area contributed by atoms with Gasteiger partial charge in [0.15, 0.2) is 0 Å². The Hall–Kier alpha value is -1.66. The van der Waals surface area contributed by atoms with E-state index in [4.69, 9.17) is 14.0 Å². The van der Waals surface area contributed by atoms with Crippen molar-refractivity contribution in [2.45, 2.75) is 71.0 Å². The fourth-order valence-electron chi connectivity index (χ4n) is 4.04. The van der Waals surface area contributed by atoms with E-state index < -0.39 is 0 Å². The predicted octanol–water partition coefficient (Wildman–Crippen LogP) is 4.17. The van der Waals surface area contributed by atoms with Gasteiger partial charge >= 0.3 is 7.12 Å².